The number of nitrogens with two attached hydrogens (primary N) is 1. The lowest BCUT2D eigenvalue weighted by molar-refractivity contribution is 0.222. The molecule has 1 aliphatic heterocycles. The molecule has 2 rings (SSSR count). The first-order valence-corrected chi connectivity index (χ1v) is 6.33. The van der Waals surface area contributed by atoms with Crippen LogP contribution in [0.1, 0.15) is 33.1 Å². The van der Waals surface area contributed by atoms with E-state index in [4.69, 9.17) is 10.6 Å². The minimum Gasteiger partial charge on any atom is -0.461 e. The largest absolute Gasteiger partial charge is 0.461 e. The van der Waals surface area contributed by atoms with Gasteiger partial charge >= 0.3 is 6.01 Å². The number of aromatic nitrogens is 3. The summed E-state index contributed by atoms with van der Waals surface area (Å²) in [5.74, 6) is 6.34. The first kappa shape index (κ1) is 12.8. The summed E-state index contributed by atoms with van der Waals surface area (Å²) in [5, 5.41) is 0. The molecule has 0 unspecified atom stereocenters. The number of nitrogens with zero attached hydrogens (tertiary/aromatic N) is 4. The molecular formula is C11H20N6O. The number of ether oxygens (including phenoxy) is 1. The monoisotopic (exact) mass is 252 g/mol. The minimum atomic E-state index is 0.0206. The lowest BCUT2D eigenvalue weighted by atomic mass is 10.1. The third kappa shape index (κ3) is 3.19. The van der Waals surface area contributed by atoms with Crippen molar-refractivity contribution < 1.29 is 4.74 Å². The van der Waals surface area contributed by atoms with Crippen molar-refractivity contribution in [3.05, 3.63) is 0 Å². The van der Waals surface area contributed by atoms with Crippen LogP contribution in [0.15, 0.2) is 0 Å². The molecule has 2 heterocycles. The first-order valence-electron chi connectivity index (χ1n) is 6.33. The molecule has 1 saturated heterocycles. The normalized spacial score (nSPS) is 15.9. The van der Waals surface area contributed by atoms with Gasteiger partial charge in [0.2, 0.25) is 11.9 Å². The van der Waals surface area contributed by atoms with Crippen molar-refractivity contribution in [3.8, 4) is 6.01 Å². The van der Waals surface area contributed by atoms with Crippen molar-refractivity contribution in [1.29, 1.82) is 0 Å². The third-order valence-corrected chi connectivity index (χ3v) is 2.71. The fraction of sp³-hybridized carbons (Fsp3) is 0.727. The molecular weight excluding hydrogens is 232 g/mol. The first-order chi connectivity index (χ1) is 8.69. The van der Waals surface area contributed by atoms with E-state index in [9.17, 15) is 0 Å². The number of nitrogen functional groups attached to an aromatic ring is 1. The van der Waals surface area contributed by atoms with Crippen molar-refractivity contribution in [2.45, 2.75) is 39.2 Å². The van der Waals surface area contributed by atoms with E-state index in [1.54, 1.807) is 0 Å². The number of hydrazine groups is 1. The van der Waals surface area contributed by atoms with Gasteiger partial charge in [-0.15, -0.1) is 0 Å². The van der Waals surface area contributed by atoms with Gasteiger partial charge in [0, 0.05) is 13.1 Å². The van der Waals surface area contributed by atoms with Gasteiger partial charge in [-0.25, -0.2) is 5.84 Å². The molecule has 18 heavy (non-hydrogen) atoms. The van der Waals surface area contributed by atoms with E-state index in [0.29, 0.717) is 17.9 Å². The van der Waals surface area contributed by atoms with E-state index in [2.05, 4.69) is 25.3 Å². The Morgan fingerprint density at radius 2 is 1.89 bits per heavy atom. The standard InChI is InChI=1S/C11H20N6O/c1-8(2)18-11-14-9(16-12)13-10(15-11)17-6-4-3-5-7-17/h8H,3-7,12H2,1-2H3,(H,13,14,15,16). The Labute approximate surface area is 107 Å². The zero-order chi connectivity index (χ0) is 13.0. The highest BCUT2D eigenvalue weighted by atomic mass is 16.5. The summed E-state index contributed by atoms with van der Waals surface area (Å²) in [6.07, 6.45) is 3.61. The molecule has 0 spiro atoms. The predicted molar refractivity (Wildman–Crippen MR) is 69.5 cm³/mol. The average Bonchev–Trinajstić information content (AvgIpc) is 2.38. The summed E-state index contributed by atoms with van der Waals surface area (Å²) >= 11 is 0. The summed E-state index contributed by atoms with van der Waals surface area (Å²) in [6.45, 7) is 5.80. The van der Waals surface area contributed by atoms with Crippen LogP contribution in [0.4, 0.5) is 11.9 Å². The molecule has 0 aliphatic carbocycles. The van der Waals surface area contributed by atoms with E-state index in [-0.39, 0.29) is 6.10 Å². The van der Waals surface area contributed by atoms with Crippen molar-refractivity contribution in [2.24, 2.45) is 5.84 Å². The lowest BCUT2D eigenvalue weighted by Gasteiger charge is -2.26. The molecule has 0 amide bonds. The second kappa shape index (κ2) is 5.81. The Hall–Kier alpha value is -1.63. The summed E-state index contributed by atoms with van der Waals surface area (Å²) in [7, 11) is 0. The van der Waals surface area contributed by atoms with Crippen LogP contribution < -0.4 is 20.9 Å². The van der Waals surface area contributed by atoms with Gasteiger partial charge < -0.3 is 9.64 Å². The smallest absolute Gasteiger partial charge is 0.323 e. The molecule has 0 aromatic carbocycles. The second-order valence-corrected chi connectivity index (χ2v) is 4.60. The molecule has 100 valence electrons. The maximum absolute atomic E-state index is 5.50. The van der Waals surface area contributed by atoms with E-state index in [1.165, 1.54) is 6.42 Å². The van der Waals surface area contributed by atoms with Crippen LogP contribution in [0, 0.1) is 0 Å². The number of hydrogen-bond acceptors (Lipinski definition) is 7. The average molecular weight is 252 g/mol. The quantitative estimate of drug-likeness (QED) is 0.608. The van der Waals surface area contributed by atoms with Crippen molar-refractivity contribution >= 4 is 11.9 Å². The SMILES string of the molecule is CC(C)Oc1nc(NN)nc(N2CCCCC2)n1. The molecule has 3 N–H and O–H groups in total. The summed E-state index contributed by atoms with van der Waals surface area (Å²) < 4.78 is 5.50. The van der Waals surface area contributed by atoms with Gasteiger partial charge in [0.15, 0.2) is 0 Å². The maximum atomic E-state index is 5.50. The van der Waals surface area contributed by atoms with Gasteiger partial charge in [0.1, 0.15) is 0 Å². The highest BCUT2D eigenvalue weighted by Crippen LogP contribution is 2.19. The second-order valence-electron chi connectivity index (χ2n) is 4.60. The van der Waals surface area contributed by atoms with Crippen molar-refractivity contribution in [1.82, 2.24) is 15.0 Å². The fourth-order valence-electron chi connectivity index (χ4n) is 1.91. The lowest BCUT2D eigenvalue weighted by Crippen LogP contribution is -2.31. The predicted octanol–water partition coefficient (Wildman–Crippen LogP) is 0.935. The molecule has 1 aromatic heterocycles. The van der Waals surface area contributed by atoms with E-state index in [1.807, 2.05) is 13.8 Å². The number of nitrogens with one attached hydrogen (secondary N) is 1. The zero-order valence-corrected chi connectivity index (χ0v) is 10.9. The van der Waals surface area contributed by atoms with Gasteiger partial charge in [-0.05, 0) is 33.1 Å². The highest BCUT2D eigenvalue weighted by molar-refractivity contribution is 5.38. The van der Waals surface area contributed by atoms with Gasteiger partial charge in [0.25, 0.3) is 0 Å². The van der Waals surface area contributed by atoms with E-state index in [0.717, 1.165) is 25.9 Å². The molecule has 1 fully saturated rings. The Bertz CT molecular complexity index is 391. The number of anilines is 2. The molecule has 7 nitrogen and oxygen atoms in total. The van der Waals surface area contributed by atoms with E-state index >= 15 is 0 Å². The zero-order valence-electron chi connectivity index (χ0n) is 10.9. The number of hydrogen-bond donors (Lipinski definition) is 2. The van der Waals surface area contributed by atoms with E-state index < -0.39 is 0 Å². The number of rotatable bonds is 4. The van der Waals surface area contributed by atoms with Crippen LogP contribution >= 0.6 is 0 Å². The topological polar surface area (TPSA) is 89.2 Å². The summed E-state index contributed by atoms with van der Waals surface area (Å²) in [4.78, 5) is 14.8. The Morgan fingerprint density at radius 1 is 1.17 bits per heavy atom. The van der Waals surface area contributed by atoms with Crippen LogP contribution in [0.25, 0.3) is 0 Å². The molecule has 0 saturated carbocycles. The molecule has 0 radical (unpaired) electrons. The van der Waals surface area contributed by atoms with Crippen LogP contribution in [0.5, 0.6) is 6.01 Å². The fourth-order valence-corrected chi connectivity index (χ4v) is 1.91. The van der Waals surface area contributed by atoms with Gasteiger partial charge in [0.05, 0.1) is 6.10 Å². The van der Waals surface area contributed by atoms with Crippen LogP contribution in [-0.4, -0.2) is 34.1 Å². The molecule has 7 heteroatoms. The van der Waals surface area contributed by atoms with Crippen LogP contribution in [0.3, 0.4) is 0 Å². The van der Waals surface area contributed by atoms with Gasteiger partial charge in [-0.2, -0.15) is 15.0 Å². The minimum absolute atomic E-state index is 0.0206. The molecule has 1 aliphatic rings. The number of piperidine rings is 1. The molecule has 0 atom stereocenters. The van der Waals surface area contributed by atoms with Gasteiger partial charge in [-0.1, -0.05) is 0 Å². The van der Waals surface area contributed by atoms with Crippen molar-refractivity contribution in [3.63, 3.8) is 0 Å². The third-order valence-electron chi connectivity index (χ3n) is 2.71. The summed E-state index contributed by atoms with van der Waals surface area (Å²) in [5.41, 5.74) is 2.45. The maximum Gasteiger partial charge on any atom is 0.323 e. The summed E-state index contributed by atoms with van der Waals surface area (Å²) in [6, 6.07) is 0.313. The van der Waals surface area contributed by atoms with Gasteiger partial charge in [-0.3, -0.25) is 5.43 Å². The highest BCUT2D eigenvalue weighted by Gasteiger charge is 2.16. The Morgan fingerprint density at radius 3 is 2.50 bits per heavy atom. The Balaban J connectivity index is 2.22. The van der Waals surface area contributed by atoms with Crippen LogP contribution in [-0.2, 0) is 0 Å². The van der Waals surface area contributed by atoms with Crippen molar-refractivity contribution in [2.75, 3.05) is 23.4 Å². The van der Waals surface area contributed by atoms with Crippen LogP contribution in [0.2, 0.25) is 0 Å². The molecule has 0 bridgehead atoms. The Kier molecular flexibility index (Phi) is 4.14. The molecule has 1 aromatic rings.